The molecule has 0 aromatic heterocycles. The van der Waals surface area contributed by atoms with Crippen LogP contribution in [0.1, 0.15) is 23.5 Å². The Morgan fingerprint density at radius 2 is 2.08 bits per heavy atom. The Morgan fingerprint density at radius 3 is 2.88 bits per heavy atom. The van der Waals surface area contributed by atoms with E-state index in [2.05, 4.69) is 11.4 Å². The van der Waals surface area contributed by atoms with Crippen molar-refractivity contribution in [1.82, 2.24) is 5.32 Å². The number of rotatable bonds is 1. The molecule has 3 aliphatic heterocycles. The maximum atomic E-state index is 12.6. The molecule has 4 rings (SSSR count). The molecule has 0 saturated carbocycles. The summed E-state index contributed by atoms with van der Waals surface area (Å²) in [5.74, 6) is -0.840. The van der Waals surface area contributed by atoms with Gasteiger partial charge in [0.15, 0.2) is 15.6 Å². The highest BCUT2D eigenvalue weighted by Crippen LogP contribution is 2.45. The lowest BCUT2D eigenvalue weighted by atomic mass is 9.83. The number of carbonyl (C=O) groups is 1. The van der Waals surface area contributed by atoms with E-state index in [1.54, 1.807) is 24.3 Å². The number of dihydropyridines is 1. The van der Waals surface area contributed by atoms with Crippen LogP contribution in [0.5, 0.6) is 0 Å². The van der Waals surface area contributed by atoms with Crippen LogP contribution < -0.4 is 5.32 Å². The van der Waals surface area contributed by atoms with Crippen LogP contribution in [0.2, 0.25) is 0 Å². The fourth-order valence-corrected chi connectivity index (χ4v) is 5.40. The second-order valence-corrected chi connectivity index (χ2v) is 8.09. The van der Waals surface area contributed by atoms with Crippen LogP contribution in [0.4, 0.5) is 0 Å². The van der Waals surface area contributed by atoms with Gasteiger partial charge in [0.1, 0.15) is 6.61 Å². The first-order valence-electron chi connectivity index (χ1n) is 7.58. The molecule has 1 aromatic rings. The molecule has 0 unspecified atom stereocenters. The summed E-state index contributed by atoms with van der Waals surface area (Å²) in [6.07, 6.45) is 0.400. The van der Waals surface area contributed by atoms with Gasteiger partial charge in [-0.15, -0.1) is 0 Å². The number of ketones is 1. The molecule has 1 aromatic carbocycles. The summed E-state index contributed by atoms with van der Waals surface area (Å²) >= 11 is 0. The van der Waals surface area contributed by atoms with Gasteiger partial charge in [-0.05, 0) is 17.7 Å². The Balaban J connectivity index is 1.96. The minimum atomic E-state index is -3.43. The zero-order valence-electron chi connectivity index (χ0n) is 12.7. The quantitative estimate of drug-likeness (QED) is 0.822. The molecular formula is C17H14N2O4S. The van der Waals surface area contributed by atoms with Crippen LogP contribution >= 0.6 is 0 Å². The third kappa shape index (κ3) is 2.19. The number of allylic oxidation sites excluding steroid dienone is 2. The molecule has 24 heavy (non-hydrogen) atoms. The summed E-state index contributed by atoms with van der Waals surface area (Å²) < 4.78 is 30.5. The summed E-state index contributed by atoms with van der Waals surface area (Å²) in [4.78, 5) is 12.7. The maximum Gasteiger partial charge on any atom is 0.187 e. The van der Waals surface area contributed by atoms with E-state index in [4.69, 9.17) is 10.00 Å². The van der Waals surface area contributed by atoms with Crippen LogP contribution in [0.3, 0.4) is 0 Å². The first-order valence-corrected chi connectivity index (χ1v) is 9.23. The van der Waals surface area contributed by atoms with E-state index < -0.39 is 15.8 Å². The SMILES string of the molecule is N#Cc1cccc([C@H]2C3=C(COCC3=O)NC3=C2S(=O)(=O)CC3)c1. The van der Waals surface area contributed by atoms with Gasteiger partial charge in [0.25, 0.3) is 0 Å². The van der Waals surface area contributed by atoms with Crippen LogP contribution in [-0.4, -0.2) is 33.2 Å². The molecular weight excluding hydrogens is 328 g/mol. The third-order valence-corrected chi connectivity index (χ3v) is 6.45. The molecule has 7 heteroatoms. The normalized spacial score (nSPS) is 25.0. The fraction of sp³-hybridized carbons (Fsp3) is 0.294. The molecule has 0 amide bonds. The van der Waals surface area contributed by atoms with Gasteiger partial charge in [-0.25, -0.2) is 8.42 Å². The van der Waals surface area contributed by atoms with E-state index in [9.17, 15) is 13.2 Å². The van der Waals surface area contributed by atoms with E-state index in [1.807, 2.05) is 0 Å². The summed E-state index contributed by atoms with van der Waals surface area (Å²) in [5.41, 5.74) is 2.80. The number of carbonyl (C=O) groups excluding carboxylic acids is 1. The molecule has 1 N–H and O–H groups in total. The van der Waals surface area contributed by atoms with Crippen LogP contribution in [0, 0.1) is 11.3 Å². The van der Waals surface area contributed by atoms with Gasteiger partial charge in [-0.1, -0.05) is 12.1 Å². The molecule has 6 nitrogen and oxygen atoms in total. The Bertz CT molecular complexity index is 967. The van der Waals surface area contributed by atoms with Crippen LogP contribution in [-0.2, 0) is 19.4 Å². The highest BCUT2D eigenvalue weighted by molar-refractivity contribution is 7.95. The van der Waals surface area contributed by atoms with Crippen molar-refractivity contribution in [1.29, 1.82) is 5.26 Å². The second kappa shape index (κ2) is 5.30. The van der Waals surface area contributed by atoms with E-state index in [0.29, 0.717) is 34.5 Å². The van der Waals surface area contributed by atoms with Gasteiger partial charge < -0.3 is 10.1 Å². The monoisotopic (exact) mass is 342 g/mol. The molecule has 0 aliphatic carbocycles. The number of Topliss-reactive ketones (excluding diaryl/α,β-unsaturated/α-hetero) is 1. The fourth-order valence-electron chi connectivity index (χ4n) is 3.56. The van der Waals surface area contributed by atoms with Crippen molar-refractivity contribution in [3.8, 4) is 6.07 Å². The highest BCUT2D eigenvalue weighted by Gasteiger charge is 2.44. The number of benzene rings is 1. The van der Waals surface area contributed by atoms with Crippen molar-refractivity contribution in [3.63, 3.8) is 0 Å². The molecule has 3 heterocycles. The molecule has 0 fully saturated rings. The molecule has 0 radical (unpaired) electrons. The number of sulfone groups is 1. The van der Waals surface area contributed by atoms with Gasteiger partial charge in [-0.2, -0.15) is 5.26 Å². The Labute approximate surface area is 139 Å². The van der Waals surface area contributed by atoms with Crippen molar-refractivity contribution in [2.75, 3.05) is 19.0 Å². The van der Waals surface area contributed by atoms with Crippen molar-refractivity contribution >= 4 is 15.6 Å². The summed E-state index contributed by atoms with van der Waals surface area (Å²) in [7, 11) is -3.43. The first kappa shape index (κ1) is 15.1. The van der Waals surface area contributed by atoms with Gasteiger partial charge in [-0.3, -0.25) is 4.79 Å². The van der Waals surface area contributed by atoms with Crippen molar-refractivity contribution < 1.29 is 17.9 Å². The number of nitrogens with one attached hydrogen (secondary N) is 1. The van der Waals surface area contributed by atoms with E-state index in [1.165, 1.54) is 0 Å². The van der Waals surface area contributed by atoms with Gasteiger partial charge in [0.05, 0.1) is 34.8 Å². The average Bonchev–Trinajstić information content (AvgIpc) is 2.88. The average molecular weight is 342 g/mol. The van der Waals surface area contributed by atoms with Gasteiger partial charge in [0, 0.05) is 23.4 Å². The van der Waals surface area contributed by atoms with E-state index in [-0.39, 0.29) is 29.7 Å². The predicted molar refractivity (Wildman–Crippen MR) is 85.3 cm³/mol. The van der Waals surface area contributed by atoms with Gasteiger partial charge in [0.2, 0.25) is 0 Å². The van der Waals surface area contributed by atoms with Crippen molar-refractivity contribution in [3.05, 3.63) is 57.3 Å². The highest BCUT2D eigenvalue weighted by atomic mass is 32.2. The Morgan fingerprint density at radius 1 is 1.25 bits per heavy atom. The lowest BCUT2D eigenvalue weighted by molar-refractivity contribution is -0.121. The Hall–Kier alpha value is -2.43. The molecule has 122 valence electrons. The Kier molecular flexibility index (Phi) is 3.34. The lowest BCUT2D eigenvalue weighted by Crippen LogP contribution is -2.36. The smallest absolute Gasteiger partial charge is 0.187 e. The predicted octanol–water partition coefficient (Wildman–Crippen LogP) is 1.13. The molecule has 3 aliphatic rings. The largest absolute Gasteiger partial charge is 0.367 e. The number of nitriles is 1. The molecule has 1 atom stereocenters. The zero-order chi connectivity index (χ0) is 16.9. The molecule has 0 bridgehead atoms. The topological polar surface area (TPSA) is 96.3 Å². The summed E-state index contributed by atoms with van der Waals surface area (Å²) in [6.45, 7) is 0.198. The molecule has 0 spiro atoms. The number of hydrogen-bond donors (Lipinski definition) is 1. The van der Waals surface area contributed by atoms with Gasteiger partial charge >= 0.3 is 0 Å². The third-order valence-electron chi connectivity index (χ3n) is 4.56. The minimum Gasteiger partial charge on any atom is -0.367 e. The van der Waals surface area contributed by atoms with E-state index in [0.717, 1.165) is 0 Å². The van der Waals surface area contributed by atoms with Crippen molar-refractivity contribution in [2.45, 2.75) is 12.3 Å². The first-order chi connectivity index (χ1) is 11.5. The number of hydrogen-bond acceptors (Lipinski definition) is 6. The second-order valence-electron chi connectivity index (χ2n) is 6.02. The van der Waals surface area contributed by atoms with Crippen molar-refractivity contribution in [2.24, 2.45) is 0 Å². The standard InChI is InChI=1S/C17H14N2O4S/c18-7-10-2-1-3-11(6-10)15-16-13(8-23-9-14(16)20)19-12-4-5-24(21,22)17(12)15/h1-3,6,15,19H,4-5,8-9H2/t15-/m0/s1. The number of ether oxygens (including phenoxy) is 1. The minimum absolute atomic E-state index is 0.0364. The zero-order valence-corrected chi connectivity index (χ0v) is 13.5. The summed E-state index contributed by atoms with van der Waals surface area (Å²) in [5, 5.41) is 12.2. The lowest BCUT2D eigenvalue weighted by Gasteiger charge is -2.32. The number of nitrogens with zero attached hydrogens (tertiary/aromatic N) is 1. The summed E-state index contributed by atoms with van der Waals surface area (Å²) in [6, 6.07) is 8.85. The van der Waals surface area contributed by atoms with E-state index >= 15 is 0 Å². The van der Waals surface area contributed by atoms with Crippen LogP contribution in [0.15, 0.2) is 46.1 Å². The van der Waals surface area contributed by atoms with Crippen LogP contribution in [0.25, 0.3) is 0 Å². The maximum absolute atomic E-state index is 12.6. The molecule has 0 saturated heterocycles.